The molecule has 0 atom stereocenters. The topological polar surface area (TPSA) is 16.3 Å². The second kappa shape index (κ2) is 28.9. The van der Waals surface area contributed by atoms with Gasteiger partial charge in [0.05, 0.1) is 52.6 Å². The standard InChI is InChI=1S/C120H115BN4/c1-114(2,3)80-43-34-41-77(61-80)95-66-84(118(13,14)15)67-96(78-42-35-44-81(62-78)115(4,5)6)112(95)124-107-72-87(122-103-50-31-29-48-92(103)98-64-82(116(7,8)9)52-58-105(98)122)54-56-101(107)121-102-57-55-88(123-104-51-32-30-49-93(104)99-65-83(117(10,11)12)53-59-106(99)123)73-108(102)125(110-71-86(120(19,20)21)70-109(124)111(110)121)113-94(76-40-33-39-75(60-76)74-36-23-22-24-37-74)68-85(119(16,17)18)69-100(113)97-63-79-38-25-26-45-89(79)90-46-27-28-47-91(90)97/h22-73H,1-21H3/i29D,30D,31D,32D,48D,49D,50D,51D,52D,53D,58D,59D,64D,65D. The zero-order chi connectivity index (χ0) is 99.4. The SMILES string of the molecule is [2H]c1c([2H])c([2H])c2c(c1[2H])c1c([2H])c(C(C)(C)C)c([2H])c([2H])c1n2-c1ccc2c(c1)N(c1c(-c3cccc(C(C)(C)C)c3)cc(C(C)(C)C)cc1-c1cccc(C(C)(C)C)c1)c1cc(C(C)(C)C)cc3c1B2c1ccc(-n2c4c([2H])c([2H])c([2H])c([2H])c4c4c([2H])c(C(C)(C)C)c([2H])c([2H])c42)cc1N3c1c(-c2cccc(-c3ccccc3)c2)cc(C(C)(C)C)cc1-c1cc2ccccc2c2ccccc12. The van der Waals surface area contributed by atoms with Gasteiger partial charge in [0.2, 0.25) is 0 Å². The number of benzene rings is 16. The van der Waals surface area contributed by atoms with Gasteiger partial charge in [0.15, 0.2) is 0 Å². The summed E-state index contributed by atoms with van der Waals surface area (Å²) in [6.07, 6.45) is 0. The zero-order valence-corrected chi connectivity index (χ0v) is 75.8. The summed E-state index contributed by atoms with van der Waals surface area (Å²) in [5.74, 6) is 0. The van der Waals surface area contributed by atoms with Crippen molar-refractivity contribution in [2.75, 3.05) is 9.80 Å². The van der Waals surface area contributed by atoms with Crippen LogP contribution in [0.15, 0.2) is 315 Å². The lowest BCUT2D eigenvalue weighted by Crippen LogP contribution is -2.61. The van der Waals surface area contributed by atoms with Gasteiger partial charge in [-0.1, -0.05) is 351 Å². The van der Waals surface area contributed by atoms with E-state index in [0.29, 0.717) is 22.7 Å². The van der Waals surface area contributed by atoms with Gasteiger partial charge >= 0.3 is 0 Å². The number of para-hydroxylation sites is 2. The average Bonchev–Trinajstić information content (AvgIpc) is 1.16. The smallest absolute Gasteiger partial charge is 0.252 e. The Balaban J connectivity index is 1.05. The van der Waals surface area contributed by atoms with E-state index in [0.717, 1.165) is 144 Å². The molecular weight excluding hydrogens is 1510 g/mol. The van der Waals surface area contributed by atoms with Crippen molar-refractivity contribution in [2.24, 2.45) is 0 Å². The van der Waals surface area contributed by atoms with Crippen molar-refractivity contribution < 1.29 is 19.2 Å². The van der Waals surface area contributed by atoms with Crippen molar-refractivity contribution in [3.8, 4) is 67.0 Å². The van der Waals surface area contributed by atoms with Crippen molar-refractivity contribution in [3.63, 3.8) is 0 Å². The minimum Gasteiger partial charge on any atom is -0.310 e. The first-order valence-electron chi connectivity index (χ1n) is 51.1. The van der Waals surface area contributed by atoms with Gasteiger partial charge in [-0.3, -0.25) is 0 Å². The highest BCUT2D eigenvalue weighted by Crippen LogP contribution is 2.58. The summed E-state index contributed by atoms with van der Waals surface area (Å²) in [6.45, 7) is 44.4. The lowest BCUT2D eigenvalue weighted by atomic mass is 9.33. The molecule has 0 fully saturated rings. The lowest BCUT2D eigenvalue weighted by Gasteiger charge is -2.47. The number of aromatic nitrogens is 2. The molecule has 5 heteroatoms. The molecule has 0 N–H and O–H groups in total. The summed E-state index contributed by atoms with van der Waals surface area (Å²) in [7, 11) is 0. The van der Waals surface area contributed by atoms with Crippen LogP contribution in [0.1, 0.15) is 204 Å². The van der Waals surface area contributed by atoms with Gasteiger partial charge in [0.1, 0.15) is 0 Å². The molecule has 18 aromatic rings. The Morgan fingerprint density at radius 1 is 0.240 bits per heavy atom. The Labute approximate surface area is 760 Å². The Morgan fingerprint density at radius 3 is 1.09 bits per heavy atom. The summed E-state index contributed by atoms with van der Waals surface area (Å²) >= 11 is 0. The molecule has 16 aromatic carbocycles. The van der Waals surface area contributed by atoms with E-state index >= 15 is 0 Å². The number of anilines is 6. The van der Waals surface area contributed by atoms with Gasteiger partial charge < -0.3 is 18.9 Å². The number of nitrogens with zero attached hydrogens (tertiary/aromatic N) is 4. The highest BCUT2D eigenvalue weighted by Gasteiger charge is 2.47. The van der Waals surface area contributed by atoms with Crippen LogP contribution in [0.3, 0.4) is 0 Å². The van der Waals surface area contributed by atoms with Crippen LogP contribution in [0.2, 0.25) is 0 Å². The van der Waals surface area contributed by atoms with Gasteiger partial charge in [-0.15, -0.1) is 0 Å². The van der Waals surface area contributed by atoms with Crippen LogP contribution in [0.4, 0.5) is 34.1 Å². The largest absolute Gasteiger partial charge is 0.310 e. The van der Waals surface area contributed by atoms with Crippen molar-refractivity contribution in [2.45, 2.75) is 183 Å². The van der Waals surface area contributed by atoms with E-state index in [9.17, 15) is 19.2 Å². The molecule has 0 aliphatic carbocycles. The fourth-order valence-corrected chi connectivity index (χ4v) is 19.0. The Hall–Kier alpha value is -12.7. The normalized spacial score (nSPS) is 15.0. The van der Waals surface area contributed by atoms with E-state index in [1.807, 2.05) is 59.7 Å². The van der Waals surface area contributed by atoms with Gasteiger partial charge in [0, 0.05) is 77.9 Å². The first-order chi connectivity index (χ1) is 65.3. The Morgan fingerprint density at radius 2 is 0.616 bits per heavy atom. The molecule has 2 aliphatic rings. The molecule has 20 rings (SSSR count). The lowest BCUT2D eigenvalue weighted by molar-refractivity contribution is 0.589. The molecule has 0 saturated carbocycles. The molecule has 0 bridgehead atoms. The first kappa shape index (κ1) is 65.9. The molecule has 4 heterocycles. The van der Waals surface area contributed by atoms with E-state index in [2.05, 4.69) is 326 Å². The van der Waals surface area contributed by atoms with Crippen LogP contribution in [0.25, 0.3) is 132 Å². The Kier molecular flexibility index (Phi) is 15.3. The zero-order valence-electron chi connectivity index (χ0n) is 89.8. The van der Waals surface area contributed by atoms with Gasteiger partial charge in [-0.25, -0.2) is 0 Å². The molecule has 0 radical (unpaired) electrons. The molecule has 0 amide bonds. The fraction of sp³-hybridized carbons (Fsp3) is 0.233. The van der Waals surface area contributed by atoms with E-state index in [4.69, 9.17) is 0 Å². The molecule has 2 aliphatic heterocycles. The minimum atomic E-state index is -0.869. The quantitative estimate of drug-likeness (QED) is 0.106. The maximum atomic E-state index is 10.5. The van der Waals surface area contributed by atoms with Crippen molar-refractivity contribution in [3.05, 3.63) is 354 Å². The number of fused-ring (bicyclic) bond motifs is 13. The van der Waals surface area contributed by atoms with E-state index in [-0.39, 0.29) is 126 Å². The molecule has 2 aromatic heterocycles. The molecule has 0 spiro atoms. The second-order valence-corrected chi connectivity index (χ2v) is 42.0. The van der Waals surface area contributed by atoms with E-state index in [1.54, 1.807) is 9.13 Å². The van der Waals surface area contributed by atoms with Gasteiger partial charge in [-0.05, 0) is 257 Å². The van der Waals surface area contributed by atoms with Crippen LogP contribution in [-0.4, -0.2) is 15.8 Å². The summed E-state index contributed by atoms with van der Waals surface area (Å²) in [4.78, 5) is 4.94. The summed E-state index contributed by atoms with van der Waals surface area (Å²) < 4.78 is 144. The predicted octanol–water partition coefficient (Wildman–Crippen LogP) is 31.7. The first-order valence-corrected chi connectivity index (χ1v) is 44.1. The summed E-state index contributed by atoms with van der Waals surface area (Å²) in [5.41, 5.74) is 19.1. The van der Waals surface area contributed by atoms with Crippen LogP contribution in [0, 0.1) is 0 Å². The van der Waals surface area contributed by atoms with E-state index in [1.165, 1.54) is 0 Å². The van der Waals surface area contributed by atoms with Crippen molar-refractivity contribution in [1.29, 1.82) is 0 Å². The molecule has 0 unspecified atom stereocenters. The Bertz CT molecular complexity index is 8280. The molecular formula is C120H115BN4. The maximum Gasteiger partial charge on any atom is 0.252 e. The number of hydrogen-bond acceptors (Lipinski definition) is 2. The maximum absolute atomic E-state index is 10.5. The monoisotopic (exact) mass is 1640 g/mol. The van der Waals surface area contributed by atoms with E-state index < -0.39 is 58.0 Å². The van der Waals surface area contributed by atoms with Gasteiger partial charge in [0.25, 0.3) is 6.71 Å². The third-order valence-corrected chi connectivity index (χ3v) is 26.1. The van der Waals surface area contributed by atoms with Crippen molar-refractivity contribution >= 4 is 122 Å². The van der Waals surface area contributed by atoms with Gasteiger partial charge in [-0.2, -0.15) is 0 Å². The fourth-order valence-electron chi connectivity index (χ4n) is 19.0. The third-order valence-electron chi connectivity index (χ3n) is 26.1. The van der Waals surface area contributed by atoms with Crippen molar-refractivity contribution in [1.82, 2.24) is 9.13 Å². The molecule has 125 heavy (non-hydrogen) atoms. The van der Waals surface area contributed by atoms with Crippen LogP contribution in [-0.2, 0) is 37.9 Å². The molecule has 618 valence electrons. The minimum absolute atomic E-state index is 0.0385. The molecule has 4 nitrogen and oxygen atoms in total. The highest BCUT2D eigenvalue weighted by molar-refractivity contribution is 7.00. The predicted molar refractivity (Wildman–Crippen MR) is 542 cm³/mol. The number of rotatable bonds is 9. The summed E-state index contributed by atoms with van der Waals surface area (Å²) in [5, 5.41) is 4.53. The highest BCUT2D eigenvalue weighted by atomic mass is 15.2. The number of hydrogen-bond donors (Lipinski definition) is 0. The second-order valence-electron chi connectivity index (χ2n) is 42.0. The summed E-state index contributed by atoms with van der Waals surface area (Å²) in [6, 6.07) is 78.7. The van der Waals surface area contributed by atoms with Crippen LogP contribution >= 0.6 is 0 Å². The third kappa shape index (κ3) is 13.7. The molecule has 0 saturated heterocycles. The van der Waals surface area contributed by atoms with Crippen LogP contribution in [0.5, 0.6) is 0 Å². The average molecular weight is 1640 g/mol. The van der Waals surface area contributed by atoms with Crippen LogP contribution < -0.4 is 26.2 Å².